The van der Waals surface area contributed by atoms with Gasteiger partial charge in [-0.25, -0.2) is 13.1 Å². The average Bonchev–Trinajstić information content (AvgIpc) is 2.65. The highest BCUT2D eigenvalue weighted by molar-refractivity contribution is 7.89. The first kappa shape index (κ1) is 15.8. The molecular weight excluding hydrogens is 298 g/mol. The molecule has 0 heterocycles. The lowest BCUT2D eigenvalue weighted by Crippen LogP contribution is -2.35. The van der Waals surface area contributed by atoms with Gasteiger partial charge in [0.15, 0.2) is 0 Å². The predicted octanol–water partition coefficient (Wildman–Crippen LogP) is 2.24. The van der Waals surface area contributed by atoms with Crippen molar-refractivity contribution in [1.82, 2.24) is 4.72 Å². The van der Waals surface area contributed by atoms with Crippen molar-refractivity contribution in [2.24, 2.45) is 0 Å². The standard InChI is InChI=1S/C14H20ClNO3S/c1-10(2)19-7-8-20(17,18)16-14-12-6-4-3-5-11(12)9-13(14)15/h3-6,10,13-14,16H,7-9H2,1-2H3. The predicted molar refractivity (Wildman–Crippen MR) is 80.5 cm³/mol. The second-order valence-electron chi connectivity index (χ2n) is 5.25. The van der Waals surface area contributed by atoms with Crippen LogP contribution >= 0.6 is 11.6 Å². The summed E-state index contributed by atoms with van der Waals surface area (Å²) < 4.78 is 32.1. The van der Waals surface area contributed by atoms with Crippen LogP contribution in [0.4, 0.5) is 0 Å². The Morgan fingerprint density at radius 1 is 1.40 bits per heavy atom. The van der Waals surface area contributed by atoms with Crippen molar-refractivity contribution in [3.05, 3.63) is 35.4 Å². The van der Waals surface area contributed by atoms with Crippen LogP contribution in [0.25, 0.3) is 0 Å². The van der Waals surface area contributed by atoms with E-state index < -0.39 is 10.0 Å². The molecule has 20 heavy (non-hydrogen) atoms. The molecule has 6 heteroatoms. The molecule has 0 aliphatic heterocycles. The summed E-state index contributed by atoms with van der Waals surface area (Å²) >= 11 is 6.28. The van der Waals surface area contributed by atoms with Crippen LogP contribution in [0.3, 0.4) is 0 Å². The molecule has 1 aliphatic rings. The summed E-state index contributed by atoms with van der Waals surface area (Å²) in [4.78, 5) is 0. The van der Waals surface area contributed by atoms with E-state index in [2.05, 4.69) is 4.72 Å². The van der Waals surface area contributed by atoms with Gasteiger partial charge in [-0.3, -0.25) is 0 Å². The lowest BCUT2D eigenvalue weighted by Gasteiger charge is -2.18. The van der Waals surface area contributed by atoms with Gasteiger partial charge in [0, 0.05) is 0 Å². The quantitative estimate of drug-likeness (QED) is 0.819. The zero-order valence-corrected chi connectivity index (χ0v) is 13.2. The highest BCUT2D eigenvalue weighted by atomic mass is 35.5. The maximum absolute atomic E-state index is 12.1. The van der Waals surface area contributed by atoms with E-state index in [1.807, 2.05) is 38.1 Å². The number of alkyl halides is 1. The van der Waals surface area contributed by atoms with Gasteiger partial charge >= 0.3 is 0 Å². The number of benzene rings is 1. The van der Waals surface area contributed by atoms with Crippen molar-refractivity contribution in [3.8, 4) is 0 Å². The minimum atomic E-state index is -3.40. The molecule has 0 bridgehead atoms. The largest absolute Gasteiger partial charge is 0.378 e. The van der Waals surface area contributed by atoms with Crippen LogP contribution in [0, 0.1) is 0 Å². The Hall–Kier alpha value is -0.620. The van der Waals surface area contributed by atoms with E-state index in [4.69, 9.17) is 16.3 Å². The molecule has 0 saturated carbocycles. The summed E-state index contributed by atoms with van der Waals surface area (Å²) in [5.41, 5.74) is 2.08. The fourth-order valence-corrected chi connectivity index (χ4v) is 3.88. The molecule has 2 atom stereocenters. The topological polar surface area (TPSA) is 55.4 Å². The molecule has 0 spiro atoms. The van der Waals surface area contributed by atoms with Crippen LogP contribution < -0.4 is 4.72 Å². The van der Waals surface area contributed by atoms with Crippen LogP contribution in [-0.4, -0.2) is 32.3 Å². The third-order valence-electron chi connectivity index (χ3n) is 3.28. The first-order chi connectivity index (χ1) is 9.39. The van der Waals surface area contributed by atoms with Crippen molar-refractivity contribution in [1.29, 1.82) is 0 Å². The number of hydrogen-bond acceptors (Lipinski definition) is 3. The Morgan fingerprint density at radius 3 is 2.80 bits per heavy atom. The molecule has 2 rings (SSSR count). The van der Waals surface area contributed by atoms with Crippen molar-refractivity contribution in [2.75, 3.05) is 12.4 Å². The van der Waals surface area contributed by atoms with Crippen molar-refractivity contribution < 1.29 is 13.2 Å². The third kappa shape index (κ3) is 3.95. The Bertz CT molecular complexity index is 559. The number of fused-ring (bicyclic) bond motifs is 1. The number of sulfonamides is 1. The molecule has 4 nitrogen and oxygen atoms in total. The first-order valence-corrected chi connectivity index (χ1v) is 8.81. The summed E-state index contributed by atoms with van der Waals surface area (Å²) in [5.74, 6) is -0.0482. The van der Waals surface area contributed by atoms with Gasteiger partial charge < -0.3 is 4.74 Å². The molecule has 2 unspecified atom stereocenters. The molecule has 0 aromatic heterocycles. The minimum absolute atomic E-state index is 0.0261. The zero-order valence-electron chi connectivity index (χ0n) is 11.7. The Kier molecular flexibility index (Phi) is 5.07. The molecular formula is C14H20ClNO3S. The van der Waals surface area contributed by atoms with Gasteiger partial charge in [-0.05, 0) is 31.4 Å². The number of halogens is 1. The van der Waals surface area contributed by atoms with Gasteiger partial charge in [-0.2, -0.15) is 0 Å². The fourth-order valence-electron chi connectivity index (χ4n) is 2.33. The number of hydrogen-bond donors (Lipinski definition) is 1. The summed E-state index contributed by atoms with van der Waals surface area (Å²) in [7, 11) is -3.40. The summed E-state index contributed by atoms with van der Waals surface area (Å²) in [6.07, 6.45) is 0.714. The second kappa shape index (κ2) is 6.43. The maximum atomic E-state index is 12.1. The second-order valence-corrected chi connectivity index (χ2v) is 7.69. The van der Waals surface area contributed by atoms with Gasteiger partial charge in [-0.15, -0.1) is 11.6 Å². The van der Waals surface area contributed by atoms with Crippen LogP contribution in [0.5, 0.6) is 0 Å². The monoisotopic (exact) mass is 317 g/mol. The normalized spacial score (nSPS) is 22.2. The third-order valence-corrected chi connectivity index (χ3v) is 5.00. The van der Waals surface area contributed by atoms with E-state index in [0.717, 1.165) is 11.1 Å². The Labute approximate surface area is 125 Å². The van der Waals surface area contributed by atoms with Crippen molar-refractivity contribution in [2.45, 2.75) is 37.8 Å². The molecule has 0 saturated heterocycles. The lowest BCUT2D eigenvalue weighted by molar-refractivity contribution is 0.0911. The van der Waals surface area contributed by atoms with E-state index in [0.29, 0.717) is 6.42 Å². The van der Waals surface area contributed by atoms with E-state index in [-0.39, 0.29) is 29.9 Å². The van der Waals surface area contributed by atoms with E-state index >= 15 is 0 Å². The highest BCUT2D eigenvalue weighted by Crippen LogP contribution is 2.35. The van der Waals surface area contributed by atoms with Crippen molar-refractivity contribution >= 4 is 21.6 Å². The van der Waals surface area contributed by atoms with Gasteiger partial charge in [0.2, 0.25) is 10.0 Å². The molecule has 0 radical (unpaired) electrons. The Morgan fingerprint density at radius 2 is 2.10 bits per heavy atom. The molecule has 1 aromatic rings. The number of nitrogens with one attached hydrogen (secondary N) is 1. The number of ether oxygens (including phenoxy) is 1. The van der Waals surface area contributed by atoms with E-state index in [1.165, 1.54) is 0 Å². The molecule has 1 aliphatic carbocycles. The summed E-state index contributed by atoms with van der Waals surface area (Å²) in [6.45, 7) is 3.94. The van der Waals surface area contributed by atoms with Crippen LogP contribution in [-0.2, 0) is 21.2 Å². The minimum Gasteiger partial charge on any atom is -0.378 e. The van der Waals surface area contributed by atoms with Crippen LogP contribution in [0.1, 0.15) is 31.0 Å². The smallest absolute Gasteiger partial charge is 0.214 e. The molecule has 1 aromatic carbocycles. The summed E-state index contributed by atoms with van der Waals surface area (Å²) in [5, 5.41) is -0.242. The van der Waals surface area contributed by atoms with E-state index in [9.17, 15) is 8.42 Å². The Balaban J connectivity index is 2.02. The number of rotatable bonds is 6. The SMILES string of the molecule is CC(C)OCCS(=O)(=O)NC1c2ccccc2CC1Cl. The van der Waals surface area contributed by atoms with Crippen molar-refractivity contribution in [3.63, 3.8) is 0 Å². The van der Waals surface area contributed by atoms with E-state index in [1.54, 1.807) is 0 Å². The maximum Gasteiger partial charge on any atom is 0.214 e. The lowest BCUT2D eigenvalue weighted by atomic mass is 10.1. The van der Waals surface area contributed by atoms with Gasteiger partial charge in [0.25, 0.3) is 0 Å². The molecule has 1 N–H and O–H groups in total. The molecule has 112 valence electrons. The van der Waals surface area contributed by atoms with Gasteiger partial charge in [-0.1, -0.05) is 24.3 Å². The average molecular weight is 318 g/mol. The van der Waals surface area contributed by atoms with Crippen LogP contribution in [0.15, 0.2) is 24.3 Å². The first-order valence-electron chi connectivity index (χ1n) is 6.72. The molecule has 0 amide bonds. The fraction of sp³-hybridized carbons (Fsp3) is 0.571. The molecule has 0 fully saturated rings. The van der Waals surface area contributed by atoms with Gasteiger partial charge in [0.1, 0.15) is 0 Å². The van der Waals surface area contributed by atoms with Gasteiger partial charge in [0.05, 0.1) is 29.9 Å². The highest BCUT2D eigenvalue weighted by Gasteiger charge is 2.33. The van der Waals surface area contributed by atoms with Crippen LogP contribution in [0.2, 0.25) is 0 Å². The zero-order chi connectivity index (χ0) is 14.8. The summed E-state index contributed by atoms with van der Waals surface area (Å²) in [6, 6.07) is 7.40.